The Balaban J connectivity index is 2.58. The maximum absolute atomic E-state index is 13.6. The molecule has 0 fully saturated rings. The van der Waals surface area contributed by atoms with Crippen LogP contribution in [0.1, 0.15) is 24.5 Å². The Kier molecular flexibility index (Phi) is 5.10. The first-order valence-electron chi connectivity index (χ1n) is 5.69. The second-order valence-corrected chi connectivity index (χ2v) is 3.83. The number of carbonyl (C=O) groups excluding carboxylic acids is 1. The first-order chi connectivity index (χ1) is 8.54. The molecule has 0 saturated carbocycles. The van der Waals surface area contributed by atoms with Gasteiger partial charge in [0.05, 0.1) is 0 Å². The van der Waals surface area contributed by atoms with E-state index < -0.39 is 5.82 Å². The minimum Gasteiger partial charge on any atom is -0.384 e. The number of hydrogen-bond donors (Lipinski definition) is 4. The van der Waals surface area contributed by atoms with E-state index in [9.17, 15) is 9.18 Å². The standard InChI is InChI=1S/C12H17FN4O/c1-2-5-16-12(18)17-7-9-4-3-8(11(14)15)6-10(9)13/h3-4,6H,2,5,7H2,1H3,(H3,14,15)(H2,16,17,18). The van der Waals surface area contributed by atoms with Gasteiger partial charge in [-0.15, -0.1) is 0 Å². The van der Waals surface area contributed by atoms with Gasteiger partial charge in [-0.2, -0.15) is 0 Å². The van der Waals surface area contributed by atoms with Crippen LogP contribution in [-0.4, -0.2) is 18.4 Å². The highest BCUT2D eigenvalue weighted by molar-refractivity contribution is 5.94. The van der Waals surface area contributed by atoms with Crippen molar-refractivity contribution in [3.05, 3.63) is 35.1 Å². The molecular formula is C12H17FN4O. The van der Waals surface area contributed by atoms with E-state index in [0.717, 1.165) is 6.42 Å². The maximum Gasteiger partial charge on any atom is 0.315 e. The summed E-state index contributed by atoms with van der Waals surface area (Å²) in [5, 5.41) is 12.4. The molecule has 0 spiro atoms. The molecule has 0 unspecified atom stereocenters. The van der Waals surface area contributed by atoms with Crippen LogP contribution in [0.15, 0.2) is 18.2 Å². The fourth-order valence-electron chi connectivity index (χ4n) is 1.33. The lowest BCUT2D eigenvalue weighted by atomic mass is 10.1. The number of amides is 2. The first kappa shape index (κ1) is 14.0. The van der Waals surface area contributed by atoms with Crippen LogP contribution in [0.5, 0.6) is 0 Å². The molecule has 1 rings (SSSR count). The average molecular weight is 252 g/mol. The van der Waals surface area contributed by atoms with Crippen LogP contribution in [-0.2, 0) is 6.54 Å². The van der Waals surface area contributed by atoms with E-state index in [4.69, 9.17) is 11.1 Å². The van der Waals surface area contributed by atoms with Gasteiger partial charge in [0.25, 0.3) is 0 Å². The molecule has 5 N–H and O–H groups in total. The Bertz CT molecular complexity index is 448. The molecule has 6 heteroatoms. The third-order valence-corrected chi connectivity index (χ3v) is 2.34. The molecule has 0 aliphatic carbocycles. The molecule has 5 nitrogen and oxygen atoms in total. The maximum atomic E-state index is 13.6. The molecule has 0 bridgehead atoms. The lowest BCUT2D eigenvalue weighted by Crippen LogP contribution is -2.35. The molecule has 0 atom stereocenters. The number of nitrogen functional groups attached to an aromatic ring is 1. The highest BCUT2D eigenvalue weighted by atomic mass is 19.1. The second kappa shape index (κ2) is 6.58. The molecule has 1 aromatic carbocycles. The van der Waals surface area contributed by atoms with Crippen molar-refractivity contribution in [3.8, 4) is 0 Å². The summed E-state index contributed by atoms with van der Waals surface area (Å²) in [5.74, 6) is -0.674. The van der Waals surface area contributed by atoms with Crippen LogP contribution in [0, 0.1) is 11.2 Å². The normalized spacial score (nSPS) is 9.89. The molecule has 0 saturated heterocycles. The summed E-state index contributed by atoms with van der Waals surface area (Å²) in [5.41, 5.74) is 5.93. The molecule has 0 heterocycles. The molecule has 0 radical (unpaired) electrons. The quantitative estimate of drug-likeness (QED) is 0.470. The topological polar surface area (TPSA) is 91.0 Å². The summed E-state index contributed by atoms with van der Waals surface area (Å²) in [7, 11) is 0. The Hall–Kier alpha value is -2.11. The van der Waals surface area contributed by atoms with Crippen LogP contribution >= 0.6 is 0 Å². The average Bonchev–Trinajstić information content (AvgIpc) is 2.34. The number of carbonyl (C=O) groups is 1. The van der Waals surface area contributed by atoms with Gasteiger partial charge >= 0.3 is 6.03 Å². The van der Waals surface area contributed by atoms with Crippen LogP contribution in [0.2, 0.25) is 0 Å². The largest absolute Gasteiger partial charge is 0.384 e. The molecule has 0 aliphatic heterocycles. The zero-order valence-electron chi connectivity index (χ0n) is 10.2. The Morgan fingerprint density at radius 1 is 1.44 bits per heavy atom. The van der Waals surface area contributed by atoms with E-state index in [1.807, 2.05) is 6.92 Å². The Morgan fingerprint density at radius 2 is 2.17 bits per heavy atom. The number of benzene rings is 1. The molecule has 1 aromatic rings. The van der Waals surface area contributed by atoms with Gasteiger partial charge in [0.15, 0.2) is 0 Å². The van der Waals surface area contributed by atoms with E-state index in [2.05, 4.69) is 10.6 Å². The van der Waals surface area contributed by atoms with Gasteiger partial charge in [-0.1, -0.05) is 19.1 Å². The van der Waals surface area contributed by atoms with Crippen molar-refractivity contribution in [3.63, 3.8) is 0 Å². The SMILES string of the molecule is CCCNC(=O)NCc1ccc(C(=N)N)cc1F. The fraction of sp³-hybridized carbons (Fsp3) is 0.333. The van der Waals surface area contributed by atoms with Gasteiger partial charge in [-0.05, 0) is 12.5 Å². The smallest absolute Gasteiger partial charge is 0.315 e. The number of rotatable bonds is 5. The van der Waals surface area contributed by atoms with Crippen molar-refractivity contribution in [1.29, 1.82) is 5.41 Å². The van der Waals surface area contributed by atoms with E-state index in [0.29, 0.717) is 17.7 Å². The predicted molar refractivity (Wildman–Crippen MR) is 67.9 cm³/mol. The lowest BCUT2D eigenvalue weighted by Gasteiger charge is -2.08. The third kappa shape index (κ3) is 4.04. The highest BCUT2D eigenvalue weighted by Crippen LogP contribution is 2.09. The number of halogens is 1. The van der Waals surface area contributed by atoms with Gasteiger partial charge < -0.3 is 16.4 Å². The summed E-state index contributed by atoms with van der Waals surface area (Å²) in [6.07, 6.45) is 0.842. The number of hydrogen-bond acceptors (Lipinski definition) is 2. The number of nitrogens with two attached hydrogens (primary N) is 1. The number of amidine groups is 1. The summed E-state index contributed by atoms with van der Waals surface area (Å²) >= 11 is 0. The molecule has 0 aromatic heterocycles. The van der Waals surface area contributed by atoms with Crippen molar-refractivity contribution in [2.45, 2.75) is 19.9 Å². The highest BCUT2D eigenvalue weighted by Gasteiger charge is 2.06. The van der Waals surface area contributed by atoms with Gasteiger partial charge in [0.1, 0.15) is 11.7 Å². The van der Waals surface area contributed by atoms with E-state index in [1.54, 1.807) is 6.07 Å². The minimum absolute atomic E-state index is 0.0968. The molecule has 98 valence electrons. The van der Waals surface area contributed by atoms with Crippen LogP contribution in [0.4, 0.5) is 9.18 Å². The fourth-order valence-corrected chi connectivity index (χ4v) is 1.33. The minimum atomic E-state index is -0.488. The number of nitrogens with one attached hydrogen (secondary N) is 3. The monoisotopic (exact) mass is 252 g/mol. The van der Waals surface area contributed by atoms with Gasteiger partial charge in [0.2, 0.25) is 0 Å². The lowest BCUT2D eigenvalue weighted by molar-refractivity contribution is 0.240. The van der Waals surface area contributed by atoms with Crippen LogP contribution in [0.25, 0.3) is 0 Å². The van der Waals surface area contributed by atoms with Crippen molar-refractivity contribution in [1.82, 2.24) is 10.6 Å². The van der Waals surface area contributed by atoms with Gasteiger partial charge in [-0.3, -0.25) is 5.41 Å². The van der Waals surface area contributed by atoms with Crippen molar-refractivity contribution >= 4 is 11.9 Å². The predicted octanol–water partition coefficient (Wildman–Crippen LogP) is 1.32. The number of urea groups is 1. The van der Waals surface area contributed by atoms with Crippen molar-refractivity contribution in [2.75, 3.05) is 6.54 Å². The first-order valence-corrected chi connectivity index (χ1v) is 5.69. The van der Waals surface area contributed by atoms with Crippen LogP contribution in [0.3, 0.4) is 0 Å². The van der Waals surface area contributed by atoms with E-state index >= 15 is 0 Å². The van der Waals surface area contributed by atoms with Crippen molar-refractivity contribution in [2.24, 2.45) is 5.73 Å². The zero-order valence-corrected chi connectivity index (χ0v) is 10.2. The third-order valence-electron chi connectivity index (χ3n) is 2.34. The summed E-state index contributed by atoms with van der Waals surface area (Å²) in [6.45, 7) is 2.62. The molecule has 18 heavy (non-hydrogen) atoms. The second-order valence-electron chi connectivity index (χ2n) is 3.83. The van der Waals surface area contributed by atoms with E-state index in [-0.39, 0.29) is 18.4 Å². The summed E-state index contributed by atoms with van der Waals surface area (Å²) < 4.78 is 13.6. The molecule has 0 aliphatic rings. The van der Waals surface area contributed by atoms with E-state index in [1.165, 1.54) is 12.1 Å². The molecular weight excluding hydrogens is 235 g/mol. The Morgan fingerprint density at radius 3 is 2.72 bits per heavy atom. The van der Waals surface area contributed by atoms with Gasteiger partial charge in [-0.25, -0.2) is 9.18 Å². The molecule has 2 amide bonds. The zero-order chi connectivity index (χ0) is 13.5. The van der Waals surface area contributed by atoms with Crippen LogP contribution < -0.4 is 16.4 Å². The summed E-state index contributed by atoms with van der Waals surface area (Å²) in [6, 6.07) is 3.91. The van der Waals surface area contributed by atoms with Crippen molar-refractivity contribution < 1.29 is 9.18 Å². The Labute approximate surface area is 105 Å². The van der Waals surface area contributed by atoms with Gasteiger partial charge in [0, 0.05) is 24.2 Å². The summed E-state index contributed by atoms with van der Waals surface area (Å²) in [4.78, 5) is 11.3.